The van der Waals surface area contributed by atoms with Crippen molar-refractivity contribution >= 4 is 22.2 Å². The topological polar surface area (TPSA) is 171 Å². The third-order valence-corrected chi connectivity index (χ3v) is 11.4. The Hall–Kier alpha value is -4.48. The van der Waals surface area contributed by atoms with Crippen molar-refractivity contribution in [2.75, 3.05) is 39.6 Å². The molecule has 0 spiro atoms. The van der Waals surface area contributed by atoms with Gasteiger partial charge in [0.05, 0.1) is 36.2 Å². The summed E-state index contributed by atoms with van der Waals surface area (Å²) in [5.74, 6) is 0.348. The summed E-state index contributed by atoms with van der Waals surface area (Å²) in [7, 11) is -4.25. The lowest BCUT2D eigenvalue weighted by Gasteiger charge is -2.35. The number of halogens is 1. The summed E-state index contributed by atoms with van der Waals surface area (Å²) in [5, 5.41) is 17.3. The number of carbonyl (C=O) groups is 2. The largest absolute Gasteiger partial charge is 0.454 e. The number of amides is 2. The molecule has 0 aromatic heterocycles. The van der Waals surface area contributed by atoms with Gasteiger partial charge in [-0.15, -0.1) is 0 Å². The third-order valence-electron chi connectivity index (χ3n) is 9.61. The predicted molar refractivity (Wildman–Crippen MR) is 192 cm³/mol. The number of hydrogen-bond donors (Lipinski definition) is 3. The van der Waals surface area contributed by atoms with Crippen LogP contribution in [-0.2, 0) is 30.7 Å². The maximum absolute atomic E-state index is 14.4. The van der Waals surface area contributed by atoms with E-state index in [0.29, 0.717) is 31.6 Å². The average Bonchev–Trinajstić information content (AvgIpc) is 3.90. The molecule has 3 aromatic carbocycles. The summed E-state index contributed by atoms with van der Waals surface area (Å²) in [5.41, 5.74) is 0.154. The molecule has 0 radical (unpaired) electrons. The standard InChI is InChI=1S/C38H46FN3O11S/c1-38(2,16-6-17-40-36(44)52-27-11-9-26(39)10-12-27)23-42(54(46,47)28-13-14-32-33(20-28)51-24-50-32)21-31(43)30(19-25-7-4-3-5-8-25)41-37(45)53-34-22-49-35-29(34)15-18-48-35/h3-5,7-14,20,29-31,34-35,43H,6,15-19,21-24H2,1-2H3,(H,40,44)(H,41,45)/t29-,30-,31+,34-,35+/m0/s1. The van der Waals surface area contributed by atoms with E-state index in [1.54, 1.807) is 0 Å². The highest BCUT2D eigenvalue weighted by molar-refractivity contribution is 7.89. The van der Waals surface area contributed by atoms with Crippen LogP contribution in [0, 0.1) is 17.2 Å². The minimum Gasteiger partial charge on any atom is -0.454 e. The fourth-order valence-electron chi connectivity index (χ4n) is 6.75. The molecule has 3 aliphatic rings. The summed E-state index contributed by atoms with van der Waals surface area (Å²) in [4.78, 5) is 25.5. The van der Waals surface area contributed by atoms with Crippen molar-refractivity contribution in [3.8, 4) is 17.2 Å². The highest BCUT2D eigenvalue weighted by Crippen LogP contribution is 2.36. The van der Waals surface area contributed by atoms with Crippen molar-refractivity contribution < 1.29 is 55.9 Å². The molecule has 2 amide bonds. The van der Waals surface area contributed by atoms with Gasteiger partial charge in [0.15, 0.2) is 17.8 Å². The van der Waals surface area contributed by atoms with Crippen LogP contribution >= 0.6 is 0 Å². The molecule has 2 saturated heterocycles. The summed E-state index contributed by atoms with van der Waals surface area (Å²) in [6.45, 7) is 4.28. The van der Waals surface area contributed by atoms with E-state index in [2.05, 4.69) is 10.6 Å². The van der Waals surface area contributed by atoms with Crippen molar-refractivity contribution in [2.45, 2.75) is 69.0 Å². The Balaban J connectivity index is 1.16. The van der Waals surface area contributed by atoms with Crippen LogP contribution in [0.25, 0.3) is 0 Å². The van der Waals surface area contributed by atoms with Gasteiger partial charge in [0.2, 0.25) is 16.8 Å². The number of ether oxygens (including phenoxy) is 6. The minimum atomic E-state index is -4.25. The second-order valence-electron chi connectivity index (χ2n) is 14.3. The van der Waals surface area contributed by atoms with Crippen LogP contribution in [0.3, 0.4) is 0 Å². The molecule has 5 atom stereocenters. The molecule has 16 heteroatoms. The van der Waals surface area contributed by atoms with Crippen molar-refractivity contribution in [2.24, 2.45) is 11.3 Å². The number of alkyl carbamates (subject to hydrolysis) is 1. The second kappa shape index (κ2) is 17.3. The van der Waals surface area contributed by atoms with Crippen LogP contribution in [0.4, 0.5) is 14.0 Å². The molecule has 3 N–H and O–H groups in total. The number of carbonyl (C=O) groups excluding carboxylic acids is 2. The van der Waals surface area contributed by atoms with E-state index in [9.17, 15) is 27.5 Å². The molecule has 14 nitrogen and oxygen atoms in total. The van der Waals surface area contributed by atoms with E-state index < -0.39 is 58.0 Å². The van der Waals surface area contributed by atoms with E-state index in [0.717, 1.165) is 5.56 Å². The van der Waals surface area contributed by atoms with Gasteiger partial charge in [-0.05, 0) is 73.1 Å². The van der Waals surface area contributed by atoms with Gasteiger partial charge < -0.3 is 44.2 Å². The average molecular weight is 772 g/mol. The van der Waals surface area contributed by atoms with Crippen molar-refractivity contribution in [1.82, 2.24) is 14.9 Å². The van der Waals surface area contributed by atoms with E-state index in [1.807, 2.05) is 44.2 Å². The molecular formula is C38H46FN3O11S. The Labute approximate surface area is 313 Å². The lowest BCUT2D eigenvalue weighted by Crippen LogP contribution is -2.52. The van der Waals surface area contributed by atoms with E-state index in [4.69, 9.17) is 28.4 Å². The van der Waals surface area contributed by atoms with Gasteiger partial charge >= 0.3 is 12.2 Å². The number of nitrogens with zero attached hydrogens (tertiary/aromatic N) is 1. The fraction of sp³-hybridized carbons (Fsp3) is 0.474. The molecule has 0 aliphatic carbocycles. The molecule has 0 unspecified atom stereocenters. The summed E-state index contributed by atoms with van der Waals surface area (Å²) < 4.78 is 76.1. The Bertz CT molecular complexity index is 1850. The quantitative estimate of drug-likeness (QED) is 0.174. The SMILES string of the molecule is CC(C)(CCCNC(=O)Oc1ccc(F)cc1)CN(C[C@@H](O)[C@H](Cc1ccccc1)NC(=O)O[C@H]1CO[C@H]2OCC[C@H]21)S(=O)(=O)c1ccc2c(c1)OCO2. The lowest BCUT2D eigenvalue weighted by atomic mass is 9.87. The highest BCUT2D eigenvalue weighted by atomic mass is 32.2. The zero-order valence-corrected chi connectivity index (χ0v) is 31.0. The predicted octanol–water partition coefficient (Wildman–Crippen LogP) is 4.60. The maximum atomic E-state index is 14.4. The van der Waals surface area contributed by atoms with Crippen LogP contribution in [0.1, 0.15) is 38.7 Å². The number of aliphatic hydroxyl groups is 1. The van der Waals surface area contributed by atoms with Gasteiger partial charge in [0.25, 0.3) is 0 Å². The molecule has 3 aromatic rings. The summed E-state index contributed by atoms with van der Waals surface area (Å²) in [6.07, 6.45) is -1.95. The summed E-state index contributed by atoms with van der Waals surface area (Å²) >= 11 is 0. The first-order valence-electron chi connectivity index (χ1n) is 17.9. The molecule has 0 bridgehead atoms. The highest BCUT2D eigenvalue weighted by Gasteiger charge is 2.44. The molecule has 54 heavy (non-hydrogen) atoms. The molecule has 2 fully saturated rings. The monoisotopic (exact) mass is 771 g/mol. The number of fused-ring (bicyclic) bond motifs is 2. The second-order valence-corrected chi connectivity index (χ2v) is 16.3. The first-order valence-corrected chi connectivity index (χ1v) is 19.3. The Morgan fingerprint density at radius 3 is 2.56 bits per heavy atom. The third kappa shape index (κ3) is 10.2. The van der Waals surface area contributed by atoms with Crippen molar-refractivity contribution in [3.05, 3.63) is 84.2 Å². The number of rotatable bonds is 16. The van der Waals surface area contributed by atoms with Gasteiger partial charge in [-0.2, -0.15) is 4.31 Å². The van der Waals surface area contributed by atoms with Crippen molar-refractivity contribution in [1.29, 1.82) is 0 Å². The van der Waals surface area contributed by atoms with Gasteiger partial charge in [0.1, 0.15) is 17.7 Å². The van der Waals surface area contributed by atoms with Gasteiger partial charge in [0, 0.05) is 25.7 Å². The van der Waals surface area contributed by atoms with Crippen LogP contribution in [0.15, 0.2) is 77.7 Å². The van der Waals surface area contributed by atoms with Gasteiger partial charge in [-0.1, -0.05) is 44.2 Å². The number of aliphatic hydroxyl groups excluding tert-OH is 1. The van der Waals surface area contributed by atoms with Crippen LogP contribution < -0.4 is 24.8 Å². The minimum absolute atomic E-state index is 0.0220. The zero-order valence-electron chi connectivity index (χ0n) is 30.1. The van der Waals surface area contributed by atoms with Crippen LogP contribution in [-0.4, -0.2) is 94.2 Å². The molecule has 3 aliphatic heterocycles. The zero-order chi connectivity index (χ0) is 38.3. The molecule has 6 rings (SSSR count). The Morgan fingerprint density at radius 1 is 1.02 bits per heavy atom. The number of nitrogens with one attached hydrogen (secondary N) is 2. The molecule has 0 saturated carbocycles. The van der Waals surface area contributed by atoms with Crippen LogP contribution in [0.2, 0.25) is 0 Å². The number of hydrogen-bond acceptors (Lipinski definition) is 11. The Kier molecular flexibility index (Phi) is 12.6. The first kappa shape index (κ1) is 39.2. The maximum Gasteiger partial charge on any atom is 0.412 e. The van der Waals surface area contributed by atoms with Crippen LogP contribution in [0.5, 0.6) is 17.2 Å². The van der Waals surface area contributed by atoms with E-state index in [-0.39, 0.29) is 61.8 Å². The molecule has 292 valence electrons. The van der Waals surface area contributed by atoms with Crippen molar-refractivity contribution in [3.63, 3.8) is 0 Å². The number of benzene rings is 3. The fourth-order valence-corrected chi connectivity index (χ4v) is 8.41. The van der Waals surface area contributed by atoms with Gasteiger partial charge in [-0.25, -0.2) is 22.4 Å². The molecule has 3 heterocycles. The lowest BCUT2D eigenvalue weighted by molar-refractivity contribution is -0.0907. The summed E-state index contributed by atoms with van der Waals surface area (Å²) in [6, 6.07) is 17.7. The smallest absolute Gasteiger partial charge is 0.412 e. The number of sulfonamides is 1. The Morgan fingerprint density at radius 2 is 1.78 bits per heavy atom. The van der Waals surface area contributed by atoms with E-state index >= 15 is 0 Å². The van der Waals surface area contributed by atoms with Gasteiger partial charge in [-0.3, -0.25) is 0 Å². The van der Waals surface area contributed by atoms with E-state index in [1.165, 1.54) is 46.8 Å². The molecular weight excluding hydrogens is 725 g/mol. The first-order chi connectivity index (χ1) is 25.9. The normalized spacial score (nSPS) is 20.3.